The second kappa shape index (κ2) is 5.85. The fourth-order valence-corrected chi connectivity index (χ4v) is 2.93. The molecule has 0 aliphatic carbocycles. The minimum Gasteiger partial charge on any atom is -0.350 e. The molecule has 0 aliphatic heterocycles. The number of nitrogens with one attached hydrogen (secondary N) is 1. The Morgan fingerprint density at radius 1 is 1.50 bits per heavy atom. The van der Waals surface area contributed by atoms with Crippen LogP contribution in [-0.4, -0.2) is 11.4 Å². The zero-order chi connectivity index (χ0) is 13.9. The quantitative estimate of drug-likeness (QED) is 0.862. The molecule has 1 heterocycles. The van der Waals surface area contributed by atoms with Crippen molar-refractivity contribution >= 4 is 17.2 Å². The molecule has 1 aromatic heterocycles. The molecule has 0 bridgehead atoms. The first-order chi connectivity index (χ1) is 8.19. The summed E-state index contributed by atoms with van der Waals surface area (Å²) in [6.45, 7) is 10.1. The predicted molar refractivity (Wildman–Crippen MR) is 77.9 cm³/mol. The summed E-state index contributed by atoms with van der Waals surface area (Å²) in [5.41, 5.74) is 6.81. The lowest BCUT2D eigenvalue weighted by atomic mass is 9.99. The Hall–Kier alpha value is -0.870. The number of rotatable bonds is 5. The van der Waals surface area contributed by atoms with E-state index in [2.05, 4.69) is 25.2 Å². The maximum Gasteiger partial charge on any atom is 0.220 e. The molecular weight excluding hydrogens is 244 g/mol. The largest absolute Gasteiger partial charge is 0.350 e. The average Bonchev–Trinajstić information content (AvgIpc) is 2.54. The fraction of sp³-hybridized carbons (Fsp3) is 0.643. The molecule has 0 saturated carbocycles. The van der Waals surface area contributed by atoms with Gasteiger partial charge in [0.1, 0.15) is 0 Å². The van der Waals surface area contributed by atoms with Crippen LogP contribution in [0.15, 0.2) is 6.07 Å². The molecule has 1 amide bonds. The molecule has 1 rings (SSSR count). The predicted octanol–water partition coefficient (Wildman–Crippen LogP) is 3.06. The summed E-state index contributed by atoms with van der Waals surface area (Å²) in [5.74, 6) is 0.0734. The number of amides is 1. The van der Waals surface area contributed by atoms with Gasteiger partial charge in [-0.15, -0.1) is 11.3 Å². The van der Waals surface area contributed by atoms with Crippen LogP contribution in [0.25, 0.3) is 0 Å². The van der Waals surface area contributed by atoms with E-state index in [1.807, 2.05) is 20.8 Å². The Kier molecular flexibility index (Phi) is 4.93. The van der Waals surface area contributed by atoms with Crippen molar-refractivity contribution in [3.63, 3.8) is 0 Å². The lowest BCUT2D eigenvalue weighted by Crippen LogP contribution is -2.35. The number of hydrogen-bond acceptors (Lipinski definition) is 3. The SMILES string of the molecule is Cc1cc(C(C)NC(=O)CCC(C)(C)N)c(C)s1. The molecule has 3 nitrogen and oxygen atoms in total. The van der Waals surface area contributed by atoms with Crippen molar-refractivity contribution in [2.75, 3.05) is 0 Å². The van der Waals surface area contributed by atoms with Crippen LogP contribution >= 0.6 is 11.3 Å². The van der Waals surface area contributed by atoms with E-state index in [4.69, 9.17) is 5.73 Å². The number of carbonyl (C=O) groups excluding carboxylic acids is 1. The molecule has 0 spiro atoms. The third-order valence-electron chi connectivity index (χ3n) is 2.92. The second-order valence-corrected chi connectivity index (χ2v) is 7.11. The molecule has 1 atom stereocenters. The summed E-state index contributed by atoms with van der Waals surface area (Å²) in [4.78, 5) is 14.4. The third-order valence-corrected chi connectivity index (χ3v) is 3.90. The Bertz CT molecular complexity index is 418. The average molecular weight is 268 g/mol. The first-order valence-electron chi connectivity index (χ1n) is 6.34. The van der Waals surface area contributed by atoms with Crippen LogP contribution in [0.1, 0.15) is 55.0 Å². The van der Waals surface area contributed by atoms with Crippen molar-refractivity contribution in [2.24, 2.45) is 5.73 Å². The van der Waals surface area contributed by atoms with E-state index in [-0.39, 0.29) is 17.5 Å². The van der Waals surface area contributed by atoms with Gasteiger partial charge in [0.25, 0.3) is 0 Å². The Balaban J connectivity index is 2.52. The zero-order valence-corrected chi connectivity index (χ0v) is 12.8. The van der Waals surface area contributed by atoms with E-state index in [0.717, 1.165) is 0 Å². The summed E-state index contributed by atoms with van der Waals surface area (Å²) in [5, 5.41) is 3.04. The van der Waals surface area contributed by atoms with Crippen molar-refractivity contribution in [3.8, 4) is 0 Å². The molecule has 0 aliphatic rings. The third kappa shape index (κ3) is 4.78. The highest BCUT2D eigenvalue weighted by Crippen LogP contribution is 2.26. The lowest BCUT2D eigenvalue weighted by Gasteiger charge is -2.19. The van der Waals surface area contributed by atoms with E-state index < -0.39 is 0 Å². The van der Waals surface area contributed by atoms with Crippen LogP contribution in [0.5, 0.6) is 0 Å². The van der Waals surface area contributed by atoms with E-state index >= 15 is 0 Å². The maximum absolute atomic E-state index is 11.8. The van der Waals surface area contributed by atoms with Crippen LogP contribution < -0.4 is 11.1 Å². The summed E-state index contributed by atoms with van der Waals surface area (Å²) < 4.78 is 0. The van der Waals surface area contributed by atoms with Gasteiger partial charge in [0, 0.05) is 21.7 Å². The van der Waals surface area contributed by atoms with Gasteiger partial charge in [-0.25, -0.2) is 0 Å². The van der Waals surface area contributed by atoms with Crippen molar-refractivity contribution < 1.29 is 4.79 Å². The van der Waals surface area contributed by atoms with E-state index in [9.17, 15) is 4.79 Å². The van der Waals surface area contributed by atoms with Crippen molar-refractivity contribution in [2.45, 2.75) is 59.0 Å². The van der Waals surface area contributed by atoms with Gasteiger partial charge in [-0.05, 0) is 52.7 Å². The first kappa shape index (κ1) is 15.2. The molecule has 0 saturated heterocycles. The monoisotopic (exact) mass is 268 g/mol. The van der Waals surface area contributed by atoms with Gasteiger partial charge in [-0.3, -0.25) is 4.79 Å². The molecule has 18 heavy (non-hydrogen) atoms. The van der Waals surface area contributed by atoms with E-state index in [0.29, 0.717) is 12.8 Å². The minimum absolute atomic E-state index is 0.0725. The number of aryl methyl sites for hydroxylation is 2. The number of hydrogen-bond donors (Lipinski definition) is 2. The number of carbonyl (C=O) groups is 1. The highest BCUT2D eigenvalue weighted by molar-refractivity contribution is 7.12. The van der Waals surface area contributed by atoms with Gasteiger partial charge in [-0.2, -0.15) is 0 Å². The van der Waals surface area contributed by atoms with Crippen molar-refractivity contribution in [1.82, 2.24) is 5.32 Å². The number of nitrogens with two attached hydrogens (primary N) is 1. The van der Waals surface area contributed by atoms with E-state index in [1.54, 1.807) is 11.3 Å². The summed E-state index contributed by atoms with van der Waals surface area (Å²) in [6, 6.07) is 2.22. The number of thiophene rings is 1. The first-order valence-corrected chi connectivity index (χ1v) is 7.16. The zero-order valence-electron chi connectivity index (χ0n) is 12.0. The smallest absolute Gasteiger partial charge is 0.220 e. The molecule has 0 radical (unpaired) electrons. The van der Waals surface area contributed by atoms with Gasteiger partial charge in [0.2, 0.25) is 5.91 Å². The van der Waals surface area contributed by atoms with Gasteiger partial charge >= 0.3 is 0 Å². The molecule has 0 fully saturated rings. The summed E-state index contributed by atoms with van der Waals surface area (Å²) in [7, 11) is 0. The molecule has 102 valence electrons. The Morgan fingerprint density at radius 2 is 2.11 bits per heavy atom. The van der Waals surface area contributed by atoms with Gasteiger partial charge in [0.05, 0.1) is 6.04 Å². The molecular formula is C14H24N2OS. The molecule has 4 heteroatoms. The minimum atomic E-state index is -0.282. The van der Waals surface area contributed by atoms with Crippen LogP contribution in [0.2, 0.25) is 0 Å². The van der Waals surface area contributed by atoms with Gasteiger partial charge < -0.3 is 11.1 Å². The highest BCUT2D eigenvalue weighted by atomic mass is 32.1. The van der Waals surface area contributed by atoms with Crippen LogP contribution in [0, 0.1) is 13.8 Å². The summed E-state index contributed by atoms with van der Waals surface area (Å²) in [6.07, 6.45) is 1.18. The van der Waals surface area contributed by atoms with Gasteiger partial charge in [0.15, 0.2) is 0 Å². The standard InChI is InChI=1S/C14H24N2OS/c1-9-8-12(11(3)18-9)10(2)16-13(17)6-7-14(4,5)15/h8,10H,6-7,15H2,1-5H3,(H,16,17). The molecule has 0 aromatic carbocycles. The van der Waals surface area contributed by atoms with Crippen LogP contribution in [0.3, 0.4) is 0 Å². The van der Waals surface area contributed by atoms with E-state index in [1.165, 1.54) is 15.3 Å². The second-order valence-electron chi connectivity index (χ2n) is 5.65. The van der Waals surface area contributed by atoms with Crippen LogP contribution in [-0.2, 0) is 4.79 Å². The lowest BCUT2D eigenvalue weighted by molar-refractivity contribution is -0.122. The molecule has 3 N–H and O–H groups in total. The Morgan fingerprint density at radius 3 is 2.56 bits per heavy atom. The summed E-state index contributed by atoms with van der Waals surface area (Å²) >= 11 is 1.77. The highest BCUT2D eigenvalue weighted by Gasteiger charge is 2.16. The van der Waals surface area contributed by atoms with Crippen molar-refractivity contribution in [3.05, 3.63) is 21.4 Å². The topological polar surface area (TPSA) is 55.1 Å². The molecule has 1 aromatic rings. The van der Waals surface area contributed by atoms with Crippen molar-refractivity contribution in [1.29, 1.82) is 0 Å². The molecule has 1 unspecified atom stereocenters. The van der Waals surface area contributed by atoms with Gasteiger partial charge in [-0.1, -0.05) is 0 Å². The maximum atomic E-state index is 11.8. The Labute approximate surface area is 114 Å². The van der Waals surface area contributed by atoms with Crippen LogP contribution in [0.4, 0.5) is 0 Å². The fourth-order valence-electron chi connectivity index (χ4n) is 1.91. The normalized spacial score (nSPS) is 13.4.